The Balaban J connectivity index is 1.80. The average molecular weight is 444 g/mol. The SMILES string of the molecule is CSCC[C@]1([C@H](CC(=O)c2ccccc2)c2ccccc2)N=C(c2ccccc2)OC1=O. The number of thioether (sulfide) groups is 1. The van der Waals surface area contributed by atoms with E-state index >= 15 is 0 Å². The maximum absolute atomic E-state index is 13.5. The van der Waals surface area contributed by atoms with Gasteiger partial charge in [0.2, 0.25) is 5.90 Å². The molecule has 0 aliphatic carbocycles. The Morgan fingerprint density at radius 1 is 0.938 bits per heavy atom. The van der Waals surface area contributed by atoms with Crippen molar-refractivity contribution in [3.63, 3.8) is 0 Å². The van der Waals surface area contributed by atoms with Crippen LogP contribution in [-0.2, 0) is 9.53 Å². The van der Waals surface area contributed by atoms with Crippen molar-refractivity contribution in [2.45, 2.75) is 24.3 Å². The van der Waals surface area contributed by atoms with Crippen molar-refractivity contribution in [2.24, 2.45) is 4.99 Å². The van der Waals surface area contributed by atoms with Gasteiger partial charge in [0.15, 0.2) is 11.3 Å². The molecule has 0 spiro atoms. The van der Waals surface area contributed by atoms with E-state index < -0.39 is 11.5 Å². The van der Waals surface area contributed by atoms with Gasteiger partial charge in [-0.1, -0.05) is 78.9 Å². The number of ketones is 1. The first-order valence-electron chi connectivity index (χ1n) is 10.6. The molecule has 4 rings (SSSR count). The average Bonchev–Trinajstić information content (AvgIpc) is 3.19. The Hall–Kier alpha value is -3.18. The van der Waals surface area contributed by atoms with Crippen molar-refractivity contribution < 1.29 is 14.3 Å². The van der Waals surface area contributed by atoms with Gasteiger partial charge in [0.25, 0.3) is 0 Å². The molecule has 32 heavy (non-hydrogen) atoms. The number of carbonyl (C=O) groups excluding carboxylic acids is 2. The number of benzene rings is 3. The first-order chi connectivity index (χ1) is 15.6. The molecule has 5 heteroatoms. The first kappa shape index (κ1) is 22.0. The Morgan fingerprint density at radius 3 is 2.16 bits per heavy atom. The Labute approximate surface area is 192 Å². The van der Waals surface area contributed by atoms with Gasteiger partial charge in [-0.05, 0) is 36.1 Å². The fourth-order valence-electron chi connectivity index (χ4n) is 4.12. The quantitative estimate of drug-likeness (QED) is 0.322. The third-order valence-electron chi connectivity index (χ3n) is 5.82. The summed E-state index contributed by atoms with van der Waals surface area (Å²) in [7, 11) is 0. The van der Waals surface area contributed by atoms with Gasteiger partial charge in [-0.2, -0.15) is 11.8 Å². The molecule has 0 amide bonds. The highest BCUT2D eigenvalue weighted by Crippen LogP contribution is 2.43. The summed E-state index contributed by atoms with van der Waals surface area (Å²) in [6.45, 7) is 0. The van der Waals surface area contributed by atoms with E-state index in [1.54, 1.807) is 11.8 Å². The van der Waals surface area contributed by atoms with Crippen LogP contribution in [0.5, 0.6) is 0 Å². The van der Waals surface area contributed by atoms with Crippen molar-refractivity contribution in [2.75, 3.05) is 12.0 Å². The molecular weight excluding hydrogens is 418 g/mol. The molecule has 0 saturated heterocycles. The molecule has 0 radical (unpaired) electrons. The molecule has 1 aliphatic heterocycles. The molecule has 1 aliphatic rings. The van der Waals surface area contributed by atoms with E-state index in [0.29, 0.717) is 17.9 Å². The number of nitrogens with zero attached hydrogens (tertiary/aromatic N) is 1. The van der Waals surface area contributed by atoms with Crippen LogP contribution in [0.25, 0.3) is 0 Å². The lowest BCUT2D eigenvalue weighted by Gasteiger charge is -2.31. The molecule has 4 nitrogen and oxygen atoms in total. The fraction of sp³-hybridized carbons (Fsp3) is 0.222. The van der Waals surface area contributed by atoms with Crippen molar-refractivity contribution in [1.82, 2.24) is 0 Å². The van der Waals surface area contributed by atoms with Crippen LogP contribution in [0.2, 0.25) is 0 Å². The molecule has 0 unspecified atom stereocenters. The van der Waals surface area contributed by atoms with Gasteiger partial charge in [-0.25, -0.2) is 9.79 Å². The molecule has 3 aromatic carbocycles. The largest absolute Gasteiger partial charge is 0.405 e. The van der Waals surface area contributed by atoms with Crippen LogP contribution in [0.3, 0.4) is 0 Å². The van der Waals surface area contributed by atoms with Crippen LogP contribution in [-0.4, -0.2) is 35.2 Å². The van der Waals surface area contributed by atoms with E-state index in [4.69, 9.17) is 9.73 Å². The Bertz CT molecular complexity index is 1100. The summed E-state index contributed by atoms with van der Waals surface area (Å²) in [5.74, 6) is 0.213. The van der Waals surface area contributed by atoms with Gasteiger partial charge >= 0.3 is 5.97 Å². The van der Waals surface area contributed by atoms with E-state index in [2.05, 4.69) is 0 Å². The van der Waals surface area contributed by atoms with Crippen LogP contribution in [0.4, 0.5) is 0 Å². The van der Waals surface area contributed by atoms with E-state index in [1.807, 2.05) is 97.3 Å². The maximum Gasteiger partial charge on any atom is 0.341 e. The molecule has 0 fully saturated rings. The molecule has 1 heterocycles. The number of esters is 1. The molecule has 0 bridgehead atoms. The summed E-state index contributed by atoms with van der Waals surface area (Å²) in [6.07, 6.45) is 2.66. The second-order valence-corrected chi connectivity index (χ2v) is 8.78. The number of cyclic esters (lactones) is 1. The third-order valence-corrected chi connectivity index (χ3v) is 6.43. The van der Waals surface area contributed by atoms with E-state index in [1.165, 1.54) is 0 Å². The lowest BCUT2D eigenvalue weighted by Crippen LogP contribution is -2.42. The van der Waals surface area contributed by atoms with Crippen LogP contribution in [0.1, 0.15) is 40.2 Å². The van der Waals surface area contributed by atoms with Crippen LogP contribution in [0, 0.1) is 0 Å². The Kier molecular flexibility index (Phi) is 6.86. The van der Waals surface area contributed by atoms with E-state index in [9.17, 15) is 9.59 Å². The number of aliphatic imine (C=N–C) groups is 1. The van der Waals surface area contributed by atoms with Crippen molar-refractivity contribution in [3.05, 3.63) is 108 Å². The predicted molar refractivity (Wildman–Crippen MR) is 129 cm³/mol. The zero-order valence-corrected chi connectivity index (χ0v) is 18.8. The van der Waals surface area contributed by atoms with E-state index in [0.717, 1.165) is 16.9 Å². The normalized spacial score (nSPS) is 18.7. The highest BCUT2D eigenvalue weighted by Gasteiger charge is 2.52. The zero-order valence-electron chi connectivity index (χ0n) is 17.9. The van der Waals surface area contributed by atoms with Crippen LogP contribution < -0.4 is 0 Å². The van der Waals surface area contributed by atoms with Gasteiger partial charge in [-0.15, -0.1) is 0 Å². The van der Waals surface area contributed by atoms with Crippen molar-refractivity contribution in [1.29, 1.82) is 0 Å². The highest BCUT2D eigenvalue weighted by atomic mass is 32.2. The number of hydrogen-bond acceptors (Lipinski definition) is 5. The van der Waals surface area contributed by atoms with Crippen molar-refractivity contribution in [3.8, 4) is 0 Å². The van der Waals surface area contributed by atoms with Gasteiger partial charge in [-0.3, -0.25) is 4.79 Å². The minimum atomic E-state index is -1.15. The molecule has 0 N–H and O–H groups in total. The second kappa shape index (κ2) is 9.96. The predicted octanol–water partition coefficient (Wildman–Crippen LogP) is 5.54. The summed E-state index contributed by atoms with van der Waals surface area (Å²) in [6, 6.07) is 28.4. The van der Waals surface area contributed by atoms with Crippen molar-refractivity contribution >= 4 is 29.4 Å². The fourth-order valence-corrected chi connectivity index (χ4v) is 4.63. The van der Waals surface area contributed by atoms with Gasteiger partial charge in [0.05, 0.1) is 0 Å². The summed E-state index contributed by atoms with van der Waals surface area (Å²) < 4.78 is 5.74. The molecule has 162 valence electrons. The lowest BCUT2D eigenvalue weighted by atomic mass is 9.74. The molecule has 2 atom stereocenters. The monoisotopic (exact) mass is 443 g/mol. The molecule has 3 aromatic rings. The smallest absolute Gasteiger partial charge is 0.341 e. The van der Waals surface area contributed by atoms with Crippen LogP contribution >= 0.6 is 11.8 Å². The third kappa shape index (κ3) is 4.53. The molecular formula is C27H25NO3S. The summed E-state index contributed by atoms with van der Waals surface area (Å²) >= 11 is 1.65. The van der Waals surface area contributed by atoms with Gasteiger partial charge < -0.3 is 4.74 Å². The minimum absolute atomic E-state index is 0.0147. The number of hydrogen-bond donors (Lipinski definition) is 0. The number of carbonyl (C=O) groups is 2. The standard InChI is InChI=1S/C27H25NO3S/c1-32-18-17-27(26(30)31-25(28-27)22-15-9-4-10-16-22)23(20-11-5-2-6-12-20)19-24(29)21-13-7-3-8-14-21/h2-16,23H,17-19H2,1H3/t23-,27-/m1/s1. The summed E-state index contributed by atoms with van der Waals surface area (Å²) in [4.78, 5) is 31.6. The molecule has 0 saturated carbocycles. The molecule has 0 aromatic heterocycles. The van der Waals surface area contributed by atoms with E-state index in [-0.39, 0.29) is 18.2 Å². The summed E-state index contributed by atoms with van der Waals surface area (Å²) in [5, 5.41) is 0. The Morgan fingerprint density at radius 2 is 1.53 bits per heavy atom. The number of Topliss-reactive ketones (excluding diaryl/α,β-unsaturated/α-hetero) is 1. The minimum Gasteiger partial charge on any atom is -0.405 e. The second-order valence-electron chi connectivity index (χ2n) is 7.80. The number of ether oxygens (including phenoxy) is 1. The highest BCUT2D eigenvalue weighted by molar-refractivity contribution is 7.98. The first-order valence-corrected chi connectivity index (χ1v) is 12.0. The zero-order chi connectivity index (χ0) is 22.4. The van der Waals surface area contributed by atoms with Gasteiger partial charge in [0.1, 0.15) is 0 Å². The topological polar surface area (TPSA) is 55.7 Å². The number of rotatable bonds is 9. The summed E-state index contributed by atoms with van der Waals surface area (Å²) in [5.41, 5.74) is 1.15. The van der Waals surface area contributed by atoms with Crippen LogP contribution in [0.15, 0.2) is 96.0 Å². The maximum atomic E-state index is 13.5. The lowest BCUT2D eigenvalue weighted by molar-refractivity contribution is -0.139. The van der Waals surface area contributed by atoms with Gasteiger partial charge in [0, 0.05) is 23.5 Å².